The third kappa shape index (κ3) is 3.86. The molecule has 2 aromatic rings. The third-order valence-electron chi connectivity index (χ3n) is 5.47. The number of hydrogen-bond acceptors (Lipinski definition) is 7. The van der Waals surface area contributed by atoms with Gasteiger partial charge in [-0.3, -0.25) is 0 Å². The highest BCUT2D eigenvalue weighted by Crippen LogP contribution is 2.38. The summed E-state index contributed by atoms with van der Waals surface area (Å²) in [7, 11) is 0. The van der Waals surface area contributed by atoms with Crippen molar-refractivity contribution in [3.05, 3.63) is 35.9 Å². The lowest BCUT2D eigenvalue weighted by molar-refractivity contribution is 0.250. The van der Waals surface area contributed by atoms with Crippen molar-refractivity contribution in [1.82, 2.24) is 15.0 Å². The van der Waals surface area contributed by atoms with E-state index in [9.17, 15) is 5.26 Å². The summed E-state index contributed by atoms with van der Waals surface area (Å²) in [5.41, 5.74) is 1.55. The molecule has 0 bridgehead atoms. The van der Waals surface area contributed by atoms with Crippen LogP contribution in [0.5, 0.6) is 11.8 Å². The minimum atomic E-state index is 0.352. The van der Waals surface area contributed by atoms with Gasteiger partial charge in [0.25, 0.3) is 0 Å². The SMILES string of the molecule is N#Cc1cnc(C2CC2)nc1OC[C@H]1CCN(c2ccnc(OC3CC3)c2)C1. The highest BCUT2D eigenvalue weighted by Gasteiger charge is 2.29. The van der Waals surface area contributed by atoms with Gasteiger partial charge >= 0.3 is 0 Å². The maximum absolute atomic E-state index is 9.30. The number of hydrogen-bond donors (Lipinski definition) is 0. The quantitative estimate of drug-likeness (QED) is 0.733. The number of pyridine rings is 1. The molecule has 1 atom stereocenters. The summed E-state index contributed by atoms with van der Waals surface area (Å²) in [5, 5.41) is 9.30. The third-order valence-corrected chi connectivity index (χ3v) is 5.47. The number of nitriles is 1. The van der Waals surface area contributed by atoms with Crippen molar-refractivity contribution in [2.45, 2.75) is 44.1 Å². The Morgan fingerprint density at radius 2 is 2.07 bits per heavy atom. The van der Waals surface area contributed by atoms with Gasteiger partial charge in [0.2, 0.25) is 11.8 Å². The molecule has 5 rings (SSSR count). The second kappa shape index (κ2) is 7.27. The van der Waals surface area contributed by atoms with Crippen LogP contribution in [-0.4, -0.2) is 40.8 Å². The average Bonchev–Trinajstić information content (AvgIpc) is 3.66. The van der Waals surface area contributed by atoms with Gasteiger partial charge in [0.15, 0.2) is 0 Å². The van der Waals surface area contributed by atoms with Crippen LogP contribution >= 0.6 is 0 Å². The largest absolute Gasteiger partial charge is 0.476 e. The van der Waals surface area contributed by atoms with Crippen molar-refractivity contribution in [2.24, 2.45) is 5.92 Å². The predicted octanol–water partition coefficient (Wildman–Crippen LogP) is 3.07. The van der Waals surface area contributed by atoms with Gasteiger partial charge in [-0.15, -0.1) is 0 Å². The van der Waals surface area contributed by atoms with Crippen molar-refractivity contribution < 1.29 is 9.47 Å². The van der Waals surface area contributed by atoms with Crippen molar-refractivity contribution in [1.29, 1.82) is 5.26 Å². The van der Waals surface area contributed by atoms with Crippen LogP contribution in [-0.2, 0) is 0 Å². The lowest BCUT2D eigenvalue weighted by atomic mass is 10.1. The molecule has 28 heavy (non-hydrogen) atoms. The van der Waals surface area contributed by atoms with Gasteiger partial charge in [-0.1, -0.05) is 0 Å². The molecule has 0 spiro atoms. The number of nitrogens with zero attached hydrogens (tertiary/aromatic N) is 5. The van der Waals surface area contributed by atoms with Crippen LogP contribution < -0.4 is 14.4 Å². The Kier molecular flexibility index (Phi) is 4.47. The predicted molar refractivity (Wildman–Crippen MR) is 102 cm³/mol. The Hall–Kier alpha value is -2.88. The van der Waals surface area contributed by atoms with Crippen LogP contribution in [0, 0.1) is 17.2 Å². The van der Waals surface area contributed by atoms with E-state index in [1.165, 1.54) is 0 Å². The highest BCUT2D eigenvalue weighted by molar-refractivity contribution is 5.49. The molecule has 2 aromatic heterocycles. The van der Waals surface area contributed by atoms with Gasteiger partial charge in [-0.25, -0.2) is 9.97 Å². The van der Waals surface area contributed by atoms with E-state index in [1.54, 1.807) is 6.20 Å². The molecule has 7 heteroatoms. The molecule has 7 nitrogen and oxygen atoms in total. The van der Waals surface area contributed by atoms with E-state index < -0.39 is 0 Å². The fourth-order valence-corrected chi connectivity index (χ4v) is 3.52. The Morgan fingerprint density at radius 1 is 1.18 bits per heavy atom. The van der Waals surface area contributed by atoms with Gasteiger partial charge in [0.05, 0.1) is 12.8 Å². The van der Waals surface area contributed by atoms with Crippen LogP contribution in [0.3, 0.4) is 0 Å². The Morgan fingerprint density at radius 3 is 2.86 bits per heavy atom. The first-order chi connectivity index (χ1) is 13.8. The van der Waals surface area contributed by atoms with Crippen LogP contribution in [0.4, 0.5) is 5.69 Å². The molecule has 144 valence electrons. The second-order valence-corrected chi connectivity index (χ2v) is 7.91. The fraction of sp³-hybridized carbons (Fsp3) is 0.524. The first-order valence-electron chi connectivity index (χ1n) is 10.1. The Bertz CT molecular complexity index is 904. The number of ether oxygens (including phenoxy) is 2. The van der Waals surface area contributed by atoms with Crippen molar-refractivity contribution >= 4 is 5.69 Å². The maximum atomic E-state index is 9.30. The fourth-order valence-electron chi connectivity index (χ4n) is 3.52. The zero-order valence-electron chi connectivity index (χ0n) is 15.8. The van der Waals surface area contributed by atoms with Crippen LogP contribution in [0.15, 0.2) is 24.5 Å². The standard InChI is InChI=1S/C21H23N5O2/c22-10-16-11-24-20(15-1-2-15)25-21(16)27-13-14-6-8-26(12-14)17-5-7-23-19(9-17)28-18-3-4-18/h5,7,9,11,14-15,18H,1-4,6,8,12-13H2/t14-/m0/s1. The van der Waals surface area contributed by atoms with Gasteiger partial charge in [-0.2, -0.15) is 10.2 Å². The molecule has 0 amide bonds. The van der Waals surface area contributed by atoms with Gasteiger partial charge < -0.3 is 14.4 Å². The average molecular weight is 377 g/mol. The Balaban J connectivity index is 1.20. The van der Waals surface area contributed by atoms with E-state index in [-0.39, 0.29) is 0 Å². The molecular weight excluding hydrogens is 354 g/mol. The molecule has 0 unspecified atom stereocenters. The molecule has 2 aliphatic carbocycles. The maximum Gasteiger partial charge on any atom is 0.235 e. The Labute approximate surface area is 164 Å². The van der Waals surface area contributed by atoms with Crippen molar-refractivity contribution in [2.75, 3.05) is 24.6 Å². The molecule has 2 saturated carbocycles. The van der Waals surface area contributed by atoms with Crippen LogP contribution in [0.1, 0.15) is 49.4 Å². The molecule has 0 radical (unpaired) electrons. The summed E-state index contributed by atoms with van der Waals surface area (Å²) in [5.74, 6) is 2.79. The number of anilines is 1. The number of aromatic nitrogens is 3. The lowest BCUT2D eigenvalue weighted by Crippen LogP contribution is -2.22. The molecule has 0 aromatic carbocycles. The smallest absolute Gasteiger partial charge is 0.235 e. The zero-order valence-corrected chi connectivity index (χ0v) is 15.8. The van der Waals surface area contributed by atoms with E-state index in [2.05, 4.69) is 25.9 Å². The summed E-state index contributed by atoms with van der Waals surface area (Å²) in [6.07, 6.45) is 9.32. The highest BCUT2D eigenvalue weighted by atomic mass is 16.5. The second-order valence-electron chi connectivity index (χ2n) is 7.91. The van der Waals surface area contributed by atoms with Gasteiger partial charge in [0.1, 0.15) is 23.6 Å². The zero-order chi connectivity index (χ0) is 18.9. The van der Waals surface area contributed by atoms with E-state index in [1.807, 2.05) is 18.3 Å². The first kappa shape index (κ1) is 17.2. The molecule has 3 heterocycles. The first-order valence-corrected chi connectivity index (χ1v) is 10.1. The molecule has 3 fully saturated rings. The normalized spacial score (nSPS) is 21.4. The molecule has 0 N–H and O–H groups in total. The summed E-state index contributed by atoms with van der Waals surface area (Å²) >= 11 is 0. The summed E-state index contributed by atoms with van der Waals surface area (Å²) in [4.78, 5) is 15.4. The molecule has 1 aliphatic heterocycles. The van der Waals surface area contributed by atoms with Crippen LogP contribution in [0.2, 0.25) is 0 Å². The lowest BCUT2D eigenvalue weighted by Gasteiger charge is -2.19. The van der Waals surface area contributed by atoms with Crippen molar-refractivity contribution in [3.63, 3.8) is 0 Å². The topological polar surface area (TPSA) is 84.2 Å². The van der Waals surface area contributed by atoms with Crippen molar-refractivity contribution in [3.8, 4) is 17.8 Å². The van der Waals surface area contributed by atoms with Crippen LogP contribution in [0.25, 0.3) is 0 Å². The van der Waals surface area contributed by atoms with E-state index >= 15 is 0 Å². The summed E-state index contributed by atoms with van der Waals surface area (Å²) < 4.78 is 11.8. The number of rotatable bonds is 7. The van der Waals surface area contributed by atoms with Gasteiger partial charge in [0, 0.05) is 42.9 Å². The molecule has 3 aliphatic rings. The van der Waals surface area contributed by atoms with E-state index in [0.29, 0.717) is 41.9 Å². The summed E-state index contributed by atoms with van der Waals surface area (Å²) in [6, 6.07) is 6.20. The molecule has 1 saturated heterocycles. The minimum Gasteiger partial charge on any atom is -0.476 e. The van der Waals surface area contributed by atoms with E-state index in [0.717, 1.165) is 56.7 Å². The summed E-state index contributed by atoms with van der Waals surface area (Å²) in [6.45, 7) is 2.45. The monoisotopic (exact) mass is 377 g/mol. The molecular formula is C21H23N5O2. The van der Waals surface area contributed by atoms with E-state index in [4.69, 9.17) is 9.47 Å². The minimum absolute atomic E-state index is 0.352. The van der Waals surface area contributed by atoms with Gasteiger partial charge in [-0.05, 0) is 38.2 Å².